The van der Waals surface area contributed by atoms with Gasteiger partial charge in [0.2, 0.25) is 0 Å². The fourth-order valence-corrected chi connectivity index (χ4v) is 2.47. The largest absolute Gasteiger partial charge is 0.326 e. The first-order chi connectivity index (χ1) is 8.11. The fourth-order valence-electron chi connectivity index (χ4n) is 2.22. The van der Waals surface area contributed by atoms with Crippen LogP contribution < -0.4 is 5.73 Å². The van der Waals surface area contributed by atoms with Crippen molar-refractivity contribution in [3.63, 3.8) is 0 Å². The van der Waals surface area contributed by atoms with Gasteiger partial charge < -0.3 is 5.73 Å². The minimum Gasteiger partial charge on any atom is -0.326 e. The lowest BCUT2D eigenvalue weighted by Crippen LogP contribution is -2.39. The predicted octanol–water partition coefficient (Wildman–Crippen LogP) is 3.46. The van der Waals surface area contributed by atoms with E-state index >= 15 is 0 Å². The lowest BCUT2D eigenvalue weighted by molar-refractivity contribution is 0.210. The molecule has 2 atom stereocenters. The van der Waals surface area contributed by atoms with Gasteiger partial charge in [-0.15, -0.1) is 0 Å². The molecular formula is C14H23ClN2. The highest BCUT2D eigenvalue weighted by Crippen LogP contribution is 2.29. The first-order valence-electron chi connectivity index (χ1n) is 6.32. The monoisotopic (exact) mass is 254 g/mol. The third kappa shape index (κ3) is 3.70. The summed E-state index contributed by atoms with van der Waals surface area (Å²) in [5.41, 5.74) is 7.39. The minimum absolute atomic E-state index is 0.117. The van der Waals surface area contributed by atoms with Crippen LogP contribution in [0.4, 0.5) is 0 Å². The average molecular weight is 255 g/mol. The van der Waals surface area contributed by atoms with Gasteiger partial charge in [0.05, 0.1) is 6.04 Å². The smallest absolute Gasteiger partial charge is 0.0511 e. The van der Waals surface area contributed by atoms with Crippen molar-refractivity contribution in [3.8, 4) is 0 Å². The zero-order valence-corrected chi connectivity index (χ0v) is 11.7. The Morgan fingerprint density at radius 1 is 1.29 bits per heavy atom. The molecule has 96 valence electrons. The van der Waals surface area contributed by atoms with Crippen molar-refractivity contribution >= 4 is 11.6 Å². The summed E-state index contributed by atoms with van der Waals surface area (Å²) in [6.45, 7) is 5.33. The molecule has 0 heterocycles. The Bertz CT molecular complexity index is 341. The zero-order valence-electron chi connectivity index (χ0n) is 11.0. The van der Waals surface area contributed by atoms with Gasteiger partial charge in [0.15, 0.2) is 0 Å². The molecule has 17 heavy (non-hydrogen) atoms. The quantitative estimate of drug-likeness (QED) is 0.843. The third-order valence-corrected chi connectivity index (χ3v) is 3.50. The van der Waals surface area contributed by atoms with Crippen molar-refractivity contribution in [1.82, 2.24) is 4.90 Å². The van der Waals surface area contributed by atoms with Gasteiger partial charge in [0, 0.05) is 11.1 Å². The molecule has 2 N–H and O–H groups in total. The number of likely N-dealkylation sites (N-methyl/N-ethyl adjacent to an activating group) is 1. The number of hydrogen-bond acceptors (Lipinski definition) is 2. The lowest BCUT2D eigenvalue weighted by Gasteiger charge is -2.33. The van der Waals surface area contributed by atoms with Crippen molar-refractivity contribution in [2.24, 2.45) is 5.73 Å². The molecule has 0 aromatic heterocycles. The molecule has 1 aromatic carbocycles. The molecule has 1 rings (SSSR count). The van der Waals surface area contributed by atoms with E-state index in [1.54, 1.807) is 0 Å². The molecule has 0 saturated carbocycles. The van der Waals surface area contributed by atoms with Gasteiger partial charge in [0.25, 0.3) is 0 Å². The van der Waals surface area contributed by atoms with E-state index in [-0.39, 0.29) is 12.1 Å². The van der Waals surface area contributed by atoms with E-state index in [1.807, 2.05) is 18.2 Å². The van der Waals surface area contributed by atoms with E-state index < -0.39 is 0 Å². The maximum Gasteiger partial charge on any atom is 0.0511 e. The Morgan fingerprint density at radius 2 is 1.94 bits per heavy atom. The molecule has 3 heteroatoms. The van der Waals surface area contributed by atoms with Gasteiger partial charge >= 0.3 is 0 Å². The Balaban J connectivity index is 3.02. The lowest BCUT2D eigenvalue weighted by atomic mass is 9.96. The molecule has 0 aliphatic rings. The second-order valence-corrected chi connectivity index (χ2v) is 4.93. The standard InChI is InChI=1S/C14H23ClN2/c1-4-10-17(3)14(13(16)5-2)11-8-6-7-9-12(11)15/h6-9,13-14H,4-5,10,16H2,1-3H3. The molecule has 0 bridgehead atoms. The molecule has 0 aliphatic heterocycles. The van der Waals surface area contributed by atoms with Gasteiger partial charge in [-0.1, -0.05) is 43.6 Å². The molecule has 1 aromatic rings. The van der Waals surface area contributed by atoms with E-state index in [9.17, 15) is 0 Å². The van der Waals surface area contributed by atoms with Crippen LogP contribution in [0.1, 0.15) is 38.3 Å². The van der Waals surface area contributed by atoms with Gasteiger partial charge in [-0.25, -0.2) is 0 Å². The SMILES string of the molecule is CCCN(C)C(c1ccccc1Cl)C(N)CC. The van der Waals surface area contributed by atoms with E-state index in [4.69, 9.17) is 17.3 Å². The normalized spacial score (nSPS) is 14.9. The van der Waals surface area contributed by atoms with Crippen molar-refractivity contribution in [2.45, 2.75) is 38.8 Å². The van der Waals surface area contributed by atoms with Gasteiger partial charge in [-0.05, 0) is 38.1 Å². The van der Waals surface area contributed by atoms with E-state index in [1.165, 1.54) is 0 Å². The Morgan fingerprint density at radius 3 is 2.47 bits per heavy atom. The highest BCUT2D eigenvalue weighted by molar-refractivity contribution is 6.31. The Labute approximate surface area is 110 Å². The first kappa shape index (κ1) is 14.5. The molecule has 0 amide bonds. The highest BCUT2D eigenvalue weighted by Gasteiger charge is 2.24. The molecule has 0 radical (unpaired) electrons. The van der Waals surface area contributed by atoms with Gasteiger partial charge in [0.1, 0.15) is 0 Å². The average Bonchev–Trinajstić information content (AvgIpc) is 2.32. The topological polar surface area (TPSA) is 29.3 Å². The molecule has 0 fully saturated rings. The first-order valence-corrected chi connectivity index (χ1v) is 6.69. The van der Waals surface area contributed by atoms with Crippen molar-refractivity contribution in [3.05, 3.63) is 34.9 Å². The van der Waals surface area contributed by atoms with Gasteiger partial charge in [-0.3, -0.25) is 4.90 Å². The number of halogens is 1. The second-order valence-electron chi connectivity index (χ2n) is 4.52. The van der Waals surface area contributed by atoms with Crippen LogP contribution in [0.3, 0.4) is 0 Å². The Hall–Kier alpha value is -0.570. The van der Waals surface area contributed by atoms with Crippen molar-refractivity contribution in [1.29, 1.82) is 0 Å². The fraction of sp³-hybridized carbons (Fsp3) is 0.571. The van der Waals surface area contributed by atoms with Crippen LogP contribution in [0, 0.1) is 0 Å². The number of hydrogen-bond donors (Lipinski definition) is 1. The van der Waals surface area contributed by atoms with E-state index in [0.717, 1.165) is 30.0 Å². The van der Waals surface area contributed by atoms with E-state index in [0.29, 0.717) is 0 Å². The van der Waals surface area contributed by atoms with E-state index in [2.05, 4.69) is 31.9 Å². The van der Waals surface area contributed by atoms with Crippen LogP contribution in [0.5, 0.6) is 0 Å². The molecule has 0 spiro atoms. The van der Waals surface area contributed by atoms with Crippen LogP contribution in [0.2, 0.25) is 5.02 Å². The van der Waals surface area contributed by atoms with Crippen LogP contribution in [0.25, 0.3) is 0 Å². The highest BCUT2D eigenvalue weighted by atomic mass is 35.5. The van der Waals surface area contributed by atoms with Crippen molar-refractivity contribution < 1.29 is 0 Å². The summed E-state index contributed by atoms with van der Waals surface area (Å²) in [6.07, 6.45) is 2.07. The number of rotatable bonds is 6. The summed E-state index contributed by atoms with van der Waals surface area (Å²) in [4.78, 5) is 2.30. The number of nitrogens with two attached hydrogens (primary N) is 1. The maximum atomic E-state index is 6.28. The summed E-state index contributed by atoms with van der Waals surface area (Å²) in [7, 11) is 2.12. The molecule has 2 nitrogen and oxygen atoms in total. The minimum atomic E-state index is 0.117. The number of nitrogens with zero attached hydrogens (tertiary/aromatic N) is 1. The molecule has 2 unspecified atom stereocenters. The summed E-state index contributed by atoms with van der Waals surface area (Å²) in [5.74, 6) is 0. The van der Waals surface area contributed by atoms with Crippen LogP contribution in [-0.4, -0.2) is 24.5 Å². The number of benzene rings is 1. The molecule has 0 aliphatic carbocycles. The maximum absolute atomic E-state index is 6.28. The summed E-state index contributed by atoms with van der Waals surface area (Å²) in [5, 5.41) is 0.810. The summed E-state index contributed by atoms with van der Waals surface area (Å²) >= 11 is 6.28. The third-order valence-electron chi connectivity index (χ3n) is 3.15. The van der Waals surface area contributed by atoms with Crippen LogP contribution in [-0.2, 0) is 0 Å². The molecular weight excluding hydrogens is 232 g/mol. The van der Waals surface area contributed by atoms with Crippen molar-refractivity contribution in [2.75, 3.05) is 13.6 Å². The predicted molar refractivity (Wildman–Crippen MR) is 75.4 cm³/mol. The Kier molecular flexibility index (Phi) is 5.96. The van der Waals surface area contributed by atoms with Crippen LogP contribution in [0.15, 0.2) is 24.3 Å². The van der Waals surface area contributed by atoms with Gasteiger partial charge in [-0.2, -0.15) is 0 Å². The molecule has 0 saturated heterocycles. The van der Waals surface area contributed by atoms with Crippen LogP contribution >= 0.6 is 11.6 Å². The zero-order chi connectivity index (χ0) is 12.8. The summed E-state index contributed by atoms with van der Waals surface area (Å²) in [6, 6.07) is 8.32. The summed E-state index contributed by atoms with van der Waals surface area (Å²) < 4.78 is 0. The second kappa shape index (κ2) is 7.00.